The maximum atomic E-state index is 10.9. The number of hydrogen-bond donors (Lipinski definition) is 0. The number of nitrogens with zero attached hydrogens (tertiary/aromatic N) is 1. The van der Waals surface area contributed by atoms with E-state index in [2.05, 4.69) is 0 Å². The first-order chi connectivity index (χ1) is 4.68. The minimum atomic E-state index is 0.164. The van der Waals surface area contributed by atoms with Crippen molar-refractivity contribution >= 4 is 5.91 Å². The van der Waals surface area contributed by atoms with Crippen molar-refractivity contribution < 1.29 is 9.53 Å². The standard InChI is InChI=1S/C7H15NO2/c1-8(2)7(9)5-4-6-10-3/h4-6H2,1-3H3. The van der Waals surface area contributed by atoms with E-state index in [4.69, 9.17) is 4.74 Å². The third kappa shape index (κ3) is 4.32. The van der Waals surface area contributed by atoms with Crippen molar-refractivity contribution in [3.05, 3.63) is 0 Å². The average Bonchev–Trinajstić information content (AvgIpc) is 1.88. The number of carbonyl (C=O) groups excluding carboxylic acids is 1. The Balaban J connectivity index is 3.22. The smallest absolute Gasteiger partial charge is 0.222 e. The quantitative estimate of drug-likeness (QED) is 0.539. The van der Waals surface area contributed by atoms with Gasteiger partial charge in [0.15, 0.2) is 0 Å². The van der Waals surface area contributed by atoms with Gasteiger partial charge < -0.3 is 9.64 Å². The van der Waals surface area contributed by atoms with Crippen LogP contribution < -0.4 is 0 Å². The SMILES string of the molecule is COCCCC(=O)N(C)C. The van der Waals surface area contributed by atoms with Gasteiger partial charge in [-0.05, 0) is 6.42 Å². The lowest BCUT2D eigenvalue weighted by atomic mass is 10.3. The Morgan fingerprint density at radius 1 is 1.50 bits per heavy atom. The lowest BCUT2D eigenvalue weighted by Gasteiger charge is -2.08. The van der Waals surface area contributed by atoms with Gasteiger partial charge in [0.05, 0.1) is 0 Å². The highest BCUT2D eigenvalue weighted by molar-refractivity contribution is 5.75. The molecule has 1 amide bonds. The lowest BCUT2D eigenvalue weighted by molar-refractivity contribution is -0.128. The molecule has 0 saturated heterocycles. The van der Waals surface area contributed by atoms with E-state index in [1.54, 1.807) is 26.1 Å². The molecule has 0 aromatic carbocycles. The number of carbonyl (C=O) groups is 1. The highest BCUT2D eigenvalue weighted by Crippen LogP contribution is 1.92. The van der Waals surface area contributed by atoms with E-state index in [9.17, 15) is 4.79 Å². The van der Waals surface area contributed by atoms with Gasteiger partial charge >= 0.3 is 0 Å². The zero-order chi connectivity index (χ0) is 7.98. The predicted molar refractivity (Wildman–Crippen MR) is 39.8 cm³/mol. The van der Waals surface area contributed by atoms with Crippen LogP contribution in [0.3, 0.4) is 0 Å². The van der Waals surface area contributed by atoms with Crippen LogP contribution in [0.25, 0.3) is 0 Å². The van der Waals surface area contributed by atoms with Crippen LogP contribution in [0, 0.1) is 0 Å². The number of ether oxygens (including phenoxy) is 1. The molecule has 0 aliphatic heterocycles. The van der Waals surface area contributed by atoms with Gasteiger partial charge in [0.2, 0.25) is 5.91 Å². The molecule has 0 aromatic rings. The number of rotatable bonds is 4. The van der Waals surface area contributed by atoms with E-state index in [0.717, 1.165) is 6.42 Å². The topological polar surface area (TPSA) is 29.5 Å². The number of hydrogen-bond acceptors (Lipinski definition) is 2. The number of amides is 1. The minimum Gasteiger partial charge on any atom is -0.385 e. The van der Waals surface area contributed by atoms with Gasteiger partial charge in [-0.3, -0.25) is 4.79 Å². The van der Waals surface area contributed by atoms with E-state index >= 15 is 0 Å². The molecular weight excluding hydrogens is 130 g/mol. The second-order valence-corrected chi connectivity index (χ2v) is 2.38. The van der Waals surface area contributed by atoms with Gasteiger partial charge in [0, 0.05) is 34.2 Å². The fraction of sp³-hybridized carbons (Fsp3) is 0.857. The Labute approximate surface area is 62.0 Å². The normalized spacial score (nSPS) is 9.50. The van der Waals surface area contributed by atoms with Gasteiger partial charge in [0.1, 0.15) is 0 Å². The molecule has 0 fully saturated rings. The van der Waals surface area contributed by atoms with Crippen LogP contribution in [0.4, 0.5) is 0 Å². The Kier molecular flexibility index (Phi) is 4.94. The highest BCUT2D eigenvalue weighted by atomic mass is 16.5. The molecule has 0 rings (SSSR count). The first-order valence-electron chi connectivity index (χ1n) is 3.37. The molecule has 3 nitrogen and oxygen atoms in total. The van der Waals surface area contributed by atoms with Crippen LogP contribution in [0.2, 0.25) is 0 Å². The zero-order valence-corrected chi connectivity index (χ0v) is 6.89. The molecule has 0 bridgehead atoms. The summed E-state index contributed by atoms with van der Waals surface area (Å²) in [6.07, 6.45) is 1.40. The van der Waals surface area contributed by atoms with Crippen LogP contribution >= 0.6 is 0 Å². The fourth-order valence-corrected chi connectivity index (χ4v) is 0.591. The number of methoxy groups -OCH3 is 1. The van der Waals surface area contributed by atoms with Crippen molar-refractivity contribution in [3.8, 4) is 0 Å². The molecule has 3 heteroatoms. The zero-order valence-electron chi connectivity index (χ0n) is 6.89. The molecule has 0 aliphatic carbocycles. The Hall–Kier alpha value is -0.570. The highest BCUT2D eigenvalue weighted by Gasteiger charge is 2.01. The summed E-state index contributed by atoms with van der Waals surface area (Å²) in [5.74, 6) is 0.164. The first kappa shape index (κ1) is 9.43. The Bertz CT molecular complexity index is 102. The van der Waals surface area contributed by atoms with Crippen molar-refractivity contribution in [1.29, 1.82) is 0 Å². The Morgan fingerprint density at radius 3 is 2.50 bits per heavy atom. The summed E-state index contributed by atoms with van der Waals surface area (Å²) in [6.45, 7) is 0.666. The van der Waals surface area contributed by atoms with E-state index < -0.39 is 0 Å². The molecule has 0 atom stereocenters. The molecule has 0 unspecified atom stereocenters. The van der Waals surface area contributed by atoms with Gasteiger partial charge in [-0.15, -0.1) is 0 Å². The van der Waals surface area contributed by atoms with Gasteiger partial charge in [0.25, 0.3) is 0 Å². The maximum absolute atomic E-state index is 10.9. The second kappa shape index (κ2) is 5.23. The molecule has 0 radical (unpaired) electrons. The lowest BCUT2D eigenvalue weighted by Crippen LogP contribution is -2.21. The van der Waals surface area contributed by atoms with Crippen molar-refractivity contribution in [3.63, 3.8) is 0 Å². The minimum absolute atomic E-state index is 0.164. The molecular formula is C7H15NO2. The van der Waals surface area contributed by atoms with E-state index in [1.165, 1.54) is 0 Å². The van der Waals surface area contributed by atoms with Crippen LogP contribution in [0.5, 0.6) is 0 Å². The molecule has 0 spiro atoms. The van der Waals surface area contributed by atoms with E-state index in [1.807, 2.05) is 0 Å². The third-order valence-electron chi connectivity index (χ3n) is 1.24. The van der Waals surface area contributed by atoms with Gasteiger partial charge in [-0.2, -0.15) is 0 Å². The third-order valence-corrected chi connectivity index (χ3v) is 1.24. The first-order valence-corrected chi connectivity index (χ1v) is 3.37. The molecule has 0 saturated carbocycles. The van der Waals surface area contributed by atoms with Crippen LogP contribution in [0.1, 0.15) is 12.8 Å². The second-order valence-electron chi connectivity index (χ2n) is 2.38. The molecule has 60 valence electrons. The summed E-state index contributed by atoms with van der Waals surface area (Å²) in [4.78, 5) is 12.5. The summed E-state index contributed by atoms with van der Waals surface area (Å²) in [6, 6.07) is 0. The van der Waals surface area contributed by atoms with E-state index in [-0.39, 0.29) is 5.91 Å². The van der Waals surface area contributed by atoms with Crippen molar-refractivity contribution in [2.75, 3.05) is 27.8 Å². The van der Waals surface area contributed by atoms with Crippen LogP contribution in [0.15, 0.2) is 0 Å². The monoisotopic (exact) mass is 145 g/mol. The predicted octanol–water partition coefficient (Wildman–Crippen LogP) is 0.501. The average molecular weight is 145 g/mol. The summed E-state index contributed by atoms with van der Waals surface area (Å²) in [7, 11) is 5.16. The van der Waals surface area contributed by atoms with E-state index in [0.29, 0.717) is 13.0 Å². The fourth-order valence-electron chi connectivity index (χ4n) is 0.591. The summed E-state index contributed by atoms with van der Waals surface area (Å²) in [5, 5.41) is 0. The Morgan fingerprint density at radius 2 is 2.10 bits per heavy atom. The molecule has 0 aliphatic rings. The summed E-state index contributed by atoms with van der Waals surface area (Å²) in [5.41, 5.74) is 0. The summed E-state index contributed by atoms with van der Waals surface area (Å²) < 4.78 is 4.80. The molecule has 10 heavy (non-hydrogen) atoms. The molecule has 0 N–H and O–H groups in total. The van der Waals surface area contributed by atoms with Crippen molar-refractivity contribution in [2.24, 2.45) is 0 Å². The van der Waals surface area contributed by atoms with Gasteiger partial charge in [-0.1, -0.05) is 0 Å². The molecule has 0 aromatic heterocycles. The van der Waals surface area contributed by atoms with Crippen molar-refractivity contribution in [1.82, 2.24) is 4.90 Å². The molecule has 0 heterocycles. The largest absolute Gasteiger partial charge is 0.385 e. The maximum Gasteiger partial charge on any atom is 0.222 e. The van der Waals surface area contributed by atoms with Gasteiger partial charge in [-0.25, -0.2) is 0 Å². The van der Waals surface area contributed by atoms with Crippen LogP contribution in [-0.4, -0.2) is 38.6 Å². The van der Waals surface area contributed by atoms with Crippen molar-refractivity contribution in [2.45, 2.75) is 12.8 Å². The van der Waals surface area contributed by atoms with Crippen LogP contribution in [-0.2, 0) is 9.53 Å². The summed E-state index contributed by atoms with van der Waals surface area (Å²) >= 11 is 0.